The smallest absolute Gasteiger partial charge is 0.227 e. The van der Waals surface area contributed by atoms with Gasteiger partial charge in [-0.25, -0.2) is 4.98 Å². The first-order chi connectivity index (χ1) is 29.2. The van der Waals surface area contributed by atoms with Crippen molar-refractivity contribution in [3.05, 3.63) is 229 Å². The fourth-order valence-electron chi connectivity index (χ4n) is 10.3. The minimum atomic E-state index is -0.366. The van der Waals surface area contributed by atoms with Crippen LogP contribution in [0.2, 0.25) is 0 Å². The average molecular weight is 751 g/mol. The minimum absolute atomic E-state index is 0.366. The molecule has 274 valence electrons. The molecule has 1 spiro atoms. The molecule has 2 aliphatic rings. The van der Waals surface area contributed by atoms with Crippen LogP contribution in [0.5, 0.6) is 0 Å². The number of para-hydroxylation sites is 3. The Morgan fingerprint density at radius 3 is 1.58 bits per heavy atom. The second-order valence-corrected chi connectivity index (χ2v) is 15.8. The van der Waals surface area contributed by atoms with Gasteiger partial charge < -0.3 is 8.98 Å². The molecule has 2 aromatic heterocycles. The fraction of sp³-hybridized carbons (Fsp3) is 0.0179. The van der Waals surface area contributed by atoms with E-state index < -0.39 is 0 Å². The number of aromatic nitrogens is 2. The van der Waals surface area contributed by atoms with E-state index in [2.05, 4.69) is 192 Å². The van der Waals surface area contributed by atoms with Crippen molar-refractivity contribution in [3.63, 3.8) is 0 Å². The lowest BCUT2D eigenvalue weighted by Gasteiger charge is -2.30. The molecule has 59 heavy (non-hydrogen) atoms. The van der Waals surface area contributed by atoms with E-state index in [-0.39, 0.29) is 5.41 Å². The van der Waals surface area contributed by atoms with Gasteiger partial charge in [0, 0.05) is 22.0 Å². The van der Waals surface area contributed by atoms with E-state index in [1.54, 1.807) is 0 Å². The Labute approximate surface area is 341 Å². The standard InChI is InChI=1S/C56H34N2O/c1-5-15-47-41(11-1)42-12-2-6-16-48(42)56(47)49-17-7-3-13-43(49)44-31-27-39(34-50(44)56)38-28-32-53-46(33-38)45-14-4-9-19-52(45)58(53)40-29-25-36(26-30-40)35-21-23-37(24-22-35)55-57-51-18-8-10-20-54(51)59-55/h1-34H. The summed E-state index contributed by atoms with van der Waals surface area (Å²) in [4.78, 5) is 4.68. The molecule has 3 heteroatoms. The first kappa shape index (κ1) is 32.3. The monoisotopic (exact) mass is 750 g/mol. The molecule has 9 aromatic carbocycles. The Morgan fingerprint density at radius 1 is 0.373 bits per heavy atom. The molecule has 11 aromatic rings. The van der Waals surface area contributed by atoms with Gasteiger partial charge in [-0.05, 0) is 127 Å². The Balaban J connectivity index is 0.901. The maximum atomic E-state index is 6.02. The highest BCUT2D eigenvalue weighted by atomic mass is 16.3. The van der Waals surface area contributed by atoms with Gasteiger partial charge in [-0.3, -0.25) is 0 Å². The van der Waals surface area contributed by atoms with Gasteiger partial charge in [0.05, 0.1) is 16.4 Å². The minimum Gasteiger partial charge on any atom is -0.436 e. The van der Waals surface area contributed by atoms with E-state index in [0.29, 0.717) is 5.89 Å². The van der Waals surface area contributed by atoms with E-state index in [0.717, 1.165) is 33.5 Å². The predicted octanol–water partition coefficient (Wildman–Crippen LogP) is 14.3. The molecule has 0 fully saturated rings. The lowest BCUT2D eigenvalue weighted by molar-refractivity contribution is 0.620. The molecule has 0 bridgehead atoms. The molecule has 0 amide bonds. The second-order valence-electron chi connectivity index (χ2n) is 15.8. The number of nitrogens with zero attached hydrogens (tertiary/aromatic N) is 2. The van der Waals surface area contributed by atoms with E-state index in [1.165, 1.54) is 77.4 Å². The molecule has 2 aliphatic carbocycles. The van der Waals surface area contributed by atoms with E-state index in [1.807, 2.05) is 24.3 Å². The Morgan fingerprint density at radius 2 is 0.881 bits per heavy atom. The third-order valence-electron chi connectivity index (χ3n) is 12.9. The molecule has 0 atom stereocenters. The van der Waals surface area contributed by atoms with Crippen LogP contribution in [0.3, 0.4) is 0 Å². The molecule has 0 N–H and O–H groups in total. The van der Waals surface area contributed by atoms with Crippen LogP contribution < -0.4 is 0 Å². The maximum Gasteiger partial charge on any atom is 0.227 e. The number of oxazole rings is 1. The zero-order valence-corrected chi connectivity index (χ0v) is 31.9. The van der Waals surface area contributed by atoms with Crippen molar-refractivity contribution in [2.45, 2.75) is 5.41 Å². The van der Waals surface area contributed by atoms with E-state index >= 15 is 0 Å². The van der Waals surface area contributed by atoms with Gasteiger partial charge in [0.25, 0.3) is 0 Å². The number of hydrogen-bond acceptors (Lipinski definition) is 2. The SMILES string of the molecule is c1ccc2c(c1)-c1ccccc1C21c2ccccc2-c2ccc(-c3ccc4c(c3)c3ccccc3n4-c3ccc(-c4ccc(-c5nc6ccccc6o5)cc4)cc3)cc21. The fourth-order valence-corrected chi connectivity index (χ4v) is 10.3. The summed E-state index contributed by atoms with van der Waals surface area (Å²) in [5, 5.41) is 2.49. The first-order valence-corrected chi connectivity index (χ1v) is 20.3. The van der Waals surface area contributed by atoms with Crippen LogP contribution in [0.4, 0.5) is 0 Å². The van der Waals surface area contributed by atoms with Gasteiger partial charge in [0.15, 0.2) is 5.58 Å². The van der Waals surface area contributed by atoms with Gasteiger partial charge in [0.2, 0.25) is 5.89 Å². The molecule has 0 unspecified atom stereocenters. The van der Waals surface area contributed by atoms with Crippen LogP contribution in [-0.2, 0) is 5.41 Å². The van der Waals surface area contributed by atoms with E-state index in [9.17, 15) is 0 Å². The maximum absolute atomic E-state index is 6.02. The lowest BCUT2D eigenvalue weighted by atomic mass is 9.70. The normalized spacial score (nSPS) is 13.2. The molecule has 13 rings (SSSR count). The molecule has 2 heterocycles. The molecule has 0 radical (unpaired) electrons. The van der Waals surface area contributed by atoms with Crippen molar-refractivity contribution < 1.29 is 4.42 Å². The summed E-state index contributed by atoms with van der Waals surface area (Å²) < 4.78 is 8.42. The number of benzene rings is 9. The third-order valence-corrected chi connectivity index (χ3v) is 12.9. The number of hydrogen-bond donors (Lipinski definition) is 0. The molecular formula is C56H34N2O. The largest absolute Gasteiger partial charge is 0.436 e. The Kier molecular flexibility index (Phi) is 6.65. The van der Waals surface area contributed by atoms with E-state index in [4.69, 9.17) is 4.42 Å². The number of fused-ring (bicyclic) bond motifs is 14. The van der Waals surface area contributed by atoms with Crippen molar-refractivity contribution in [3.8, 4) is 61.6 Å². The molecule has 3 nitrogen and oxygen atoms in total. The summed E-state index contributed by atoms with van der Waals surface area (Å²) in [6.07, 6.45) is 0. The summed E-state index contributed by atoms with van der Waals surface area (Å²) >= 11 is 0. The summed E-state index contributed by atoms with van der Waals surface area (Å²) in [6, 6.07) is 75.3. The van der Waals surface area contributed by atoms with Crippen LogP contribution in [0.15, 0.2) is 211 Å². The van der Waals surface area contributed by atoms with Crippen LogP contribution in [0.25, 0.3) is 94.6 Å². The van der Waals surface area contributed by atoms with Crippen LogP contribution in [0.1, 0.15) is 22.3 Å². The highest BCUT2D eigenvalue weighted by molar-refractivity contribution is 6.10. The Bertz CT molecular complexity index is 3400. The average Bonchev–Trinajstić information content (AvgIpc) is 4.05. The molecule has 0 aliphatic heterocycles. The highest BCUT2D eigenvalue weighted by Gasteiger charge is 2.51. The summed E-state index contributed by atoms with van der Waals surface area (Å²) in [7, 11) is 0. The van der Waals surface area contributed by atoms with Crippen molar-refractivity contribution in [2.75, 3.05) is 0 Å². The van der Waals surface area contributed by atoms with Crippen LogP contribution >= 0.6 is 0 Å². The van der Waals surface area contributed by atoms with Crippen molar-refractivity contribution in [1.82, 2.24) is 9.55 Å². The topological polar surface area (TPSA) is 31.0 Å². The predicted molar refractivity (Wildman–Crippen MR) is 241 cm³/mol. The second kappa shape index (κ2) is 12.1. The van der Waals surface area contributed by atoms with Crippen molar-refractivity contribution in [2.24, 2.45) is 0 Å². The van der Waals surface area contributed by atoms with Gasteiger partial charge in [0.1, 0.15) is 5.52 Å². The van der Waals surface area contributed by atoms with Gasteiger partial charge in [-0.15, -0.1) is 0 Å². The van der Waals surface area contributed by atoms with Gasteiger partial charge in [-0.1, -0.05) is 146 Å². The number of rotatable bonds is 4. The summed E-state index contributed by atoms with van der Waals surface area (Å²) in [5.41, 5.74) is 21.3. The van der Waals surface area contributed by atoms with Crippen molar-refractivity contribution in [1.29, 1.82) is 0 Å². The van der Waals surface area contributed by atoms with Crippen LogP contribution in [-0.4, -0.2) is 9.55 Å². The van der Waals surface area contributed by atoms with Crippen molar-refractivity contribution >= 4 is 32.9 Å². The summed E-state index contributed by atoms with van der Waals surface area (Å²) in [5.74, 6) is 0.638. The zero-order valence-electron chi connectivity index (χ0n) is 31.9. The molecule has 0 saturated heterocycles. The van der Waals surface area contributed by atoms with Gasteiger partial charge in [-0.2, -0.15) is 0 Å². The first-order valence-electron chi connectivity index (χ1n) is 20.3. The lowest BCUT2D eigenvalue weighted by Crippen LogP contribution is -2.25. The third kappa shape index (κ3) is 4.50. The highest BCUT2D eigenvalue weighted by Crippen LogP contribution is 2.63. The van der Waals surface area contributed by atoms with Crippen LogP contribution in [0, 0.1) is 0 Å². The summed E-state index contributed by atoms with van der Waals surface area (Å²) in [6.45, 7) is 0. The quantitative estimate of drug-likeness (QED) is 0.179. The van der Waals surface area contributed by atoms with Gasteiger partial charge >= 0.3 is 0 Å². The Hall–Kier alpha value is -7.75. The zero-order chi connectivity index (χ0) is 38.7. The molecular weight excluding hydrogens is 717 g/mol. The molecule has 0 saturated carbocycles.